The SMILES string of the molecule is C=C(C)C(=O)OCC(COCC1CO1)(COCC1CO1)COCC1CO1. The Bertz CT molecular complexity index is 436. The second-order valence-corrected chi connectivity index (χ2v) is 7.27. The highest BCUT2D eigenvalue weighted by molar-refractivity contribution is 5.86. The summed E-state index contributed by atoms with van der Waals surface area (Å²) in [5.74, 6) is -0.434. The average molecular weight is 372 g/mol. The van der Waals surface area contributed by atoms with Gasteiger partial charge in [0.25, 0.3) is 0 Å². The van der Waals surface area contributed by atoms with Gasteiger partial charge in [-0.05, 0) is 6.92 Å². The van der Waals surface area contributed by atoms with E-state index in [9.17, 15) is 4.79 Å². The van der Waals surface area contributed by atoms with Crippen LogP contribution in [0.1, 0.15) is 6.92 Å². The van der Waals surface area contributed by atoms with Gasteiger partial charge in [0.15, 0.2) is 0 Å². The van der Waals surface area contributed by atoms with Crippen LogP contribution in [-0.4, -0.2) is 90.4 Å². The van der Waals surface area contributed by atoms with Crippen LogP contribution >= 0.6 is 0 Å². The highest BCUT2D eigenvalue weighted by Gasteiger charge is 2.37. The van der Waals surface area contributed by atoms with E-state index in [0.29, 0.717) is 45.2 Å². The number of carbonyl (C=O) groups is 1. The van der Waals surface area contributed by atoms with E-state index in [1.54, 1.807) is 6.92 Å². The molecule has 3 unspecified atom stereocenters. The molecule has 0 aromatic carbocycles. The summed E-state index contributed by atoms with van der Waals surface area (Å²) in [7, 11) is 0. The third-order valence-electron chi connectivity index (χ3n) is 4.20. The lowest BCUT2D eigenvalue weighted by Gasteiger charge is -2.32. The maximum absolute atomic E-state index is 11.9. The van der Waals surface area contributed by atoms with Crippen LogP contribution in [0.15, 0.2) is 12.2 Å². The Balaban J connectivity index is 1.54. The molecule has 3 fully saturated rings. The molecule has 0 aromatic heterocycles. The normalized spacial score (nSPS) is 28.3. The van der Waals surface area contributed by atoms with Crippen LogP contribution in [-0.2, 0) is 38.0 Å². The summed E-state index contributed by atoms with van der Waals surface area (Å²) < 4.78 is 38.4. The predicted molar refractivity (Wildman–Crippen MR) is 89.9 cm³/mol. The Morgan fingerprint density at radius 3 is 1.58 bits per heavy atom. The van der Waals surface area contributed by atoms with E-state index in [-0.39, 0.29) is 24.9 Å². The molecule has 3 aliphatic rings. The first-order chi connectivity index (χ1) is 12.6. The van der Waals surface area contributed by atoms with Gasteiger partial charge in [0.05, 0.1) is 64.9 Å². The molecule has 0 N–H and O–H groups in total. The number of carbonyl (C=O) groups excluding carboxylic acids is 1. The Labute approximate surface area is 153 Å². The lowest BCUT2D eigenvalue weighted by Crippen LogP contribution is -2.43. The Morgan fingerprint density at radius 2 is 1.27 bits per heavy atom. The van der Waals surface area contributed by atoms with E-state index in [4.69, 9.17) is 33.2 Å². The van der Waals surface area contributed by atoms with Gasteiger partial charge in [-0.1, -0.05) is 6.58 Å². The van der Waals surface area contributed by atoms with Gasteiger partial charge < -0.3 is 33.2 Å². The average Bonchev–Trinajstić information content (AvgIpc) is 3.45. The lowest BCUT2D eigenvalue weighted by molar-refractivity contribution is -0.152. The fraction of sp³-hybridized carbons (Fsp3) is 0.833. The molecule has 148 valence electrons. The second-order valence-electron chi connectivity index (χ2n) is 7.27. The predicted octanol–water partition coefficient (Wildman–Crippen LogP) is 0.338. The summed E-state index contributed by atoms with van der Waals surface area (Å²) in [6.07, 6.45) is 0.478. The van der Waals surface area contributed by atoms with Crippen LogP contribution in [0.4, 0.5) is 0 Å². The Hall–Kier alpha value is -1.03. The van der Waals surface area contributed by atoms with Crippen LogP contribution < -0.4 is 0 Å². The minimum Gasteiger partial charge on any atom is -0.461 e. The maximum atomic E-state index is 11.9. The molecule has 3 rings (SSSR count). The zero-order chi connectivity index (χ0) is 18.4. The third-order valence-corrected chi connectivity index (χ3v) is 4.20. The van der Waals surface area contributed by atoms with Crippen LogP contribution in [0.25, 0.3) is 0 Å². The van der Waals surface area contributed by atoms with Crippen molar-refractivity contribution in [3.8, 4) is 0 Å². The van der Waals surface area contributed by atoms with Gasteiger partial charge in [0.2, 0.25) is 0 Å². The molecular formula is C18H28O8. The molecule has 0 bridgehead atoms. The standard InChI is InChI=1S/C18H28O8/c1-13(2)17(19)26-12-18(9-20-3-14-6-23-14,10-21-4-15-7-24-15)11-22-5-16-8-25-16/h14-16H,1,3-12H2,2H3. The van der Waals surface area contributed by atoms with Gasteiger partial charge >= 0.3 is 5.97 Å². The summed E-state index contributed by atoms with van der Waals surface area (Å²) in [6, 6.07) is 0. The zero-order valence-corrected chi connectivity index (χ0v) is 15.3. The Morgan fingerprint density at radius 1 is 0.885 bits per heavy atom. The molecule has 3 atom stereocenters. The van der Waals surface area contributed by atoms with Gasteiger partial charge in [-0.3, -0.25) is 0 Å². The first kappa shape index (κ1) is 19.7. The van der Waals surface area contributed by atoms with E-state index in [1.807, 2.05) is 0 Å². The first-order valence-electron chi connectivity index (χ1n) is 8.97. The van der Waals surface area contributed by atoms with Gasteiger partial charge in [-0.2, -0.15) is 0 Å². The zero-order valence-electron chi connectivity index (χ0n) is 15.3. The summed E-state index contributed by atoms with van der Waals surface area (Å²) >= 11 is 0. The molecule has 26 heavy (non-hydrogen) atoms. The molecule has 3 aliphatic heterocycles. The highest BCUT2D eigenvalue weighted by Crippen LogP contribution is 2.24. The number of ether oxygens (including phenoxy) is 7. The van der Waals surface area contributed by atoms with Gasteiger partial charge in [0, 0.05) is 5.57 Å². The van der Waals surface area contributed by atoms with Crippen LogP contribution in [0, 0.1) is 5.41 Å². The van der Waals surface area contributed by atoms with Gasteiger partial charge in [-0.25, -0.2) is 4.79 Å². The molecule has 0 aromatic rings. The van der Waals surface area contributed by atoms with Crippen molar-refractivity contribution in [1.82, 2.24) is 0 Å². The third kappa shape index (κ3) is 7.30. The Kier molecular flexibility index (Phi) is 7.02. The second kappa shape index (κ2) is 9.25. The van der Waals surface area contributed by atoms with E-state index < -0.39 is 11.4 Å². The van der Waals surface area contributed by atoms with Crippen molar-refractivity contribution in [1.29, 1.82) is 0 Å². The molecule has 0 saturated carbocycles. The largest absolute Gasteiger partial charge is 0.461 e. The molecule has 0 radical (unpaired) electrons. The van der Waals surface area contributed by atoms with Crippen LogP contribution in [0.5, 0.6) is 0 Å². The van der Waals surface area contributed by atoms with Crippen molar-refractivity contribution >= 4 is 5.97 Å². The van der Waals surface area contributed by atoms with Crippen LogP contribution in [0.3, 0.4) is 0 Å². The fourth-order valence-corrected chi connectivity index (χ4v) is 2.31. The van der Waals surface area contributed by atoms with E-state index in [0.717, 1.165) is 19.8 Å². The van der Waals surface area contributed by atoms with Crippen molar-refractivity contribution in [2.24, 2.45) is 5.41 Å². The van der Waals surface area contributed by atoms with E-state index in [2.05, 4.69) is 6.58 Å². The van der Waals surface area contributed by atoms with Gasteiger partial charge in [0.1, 0.15) is 24.9 Å². The molecule has 8 nitrogen and oxygen atoms in total. The van der Waals surface area contributed by atoms with Crippen molar-refractivity contribution in [2.75, 3.05) is 66.1 Å². The van der Waals surface area contributed by atoms with Crippen molar-refractivity contribution in [3.63, 3.8) is 0 Å². The van der Waals surface area contributed by atoms with Gasteiger partial charge in [-0.15, -0.1) is 0 Å². The molecular weight excluding hydrogens is 344 g/mol. The summed E-state index contributed by atoms with van der Waals surface area (Å²) in [6.45, 7) is 10.1. The van der Waals surface area contributed by atoms with Crippen molar-refractivity contribution in [3.05, 3.63) is 12.2 Å². The molecule has 0 spiro atoms. The number of hydrogen-bond acceptors (Lipinski definition) is 8. The smallest absolute Gasteiger partial charge is 0.333 e. The molecule has 3 heterocycles. The lowest BCUT2D eigenvalue weighted by atomic mass is 9.92. The quantitative estimate of drug-likeness (QED) is 0.231. The number of epoxide rings is 3. The first-order valence-corrected chi connectivity index (χ1v) is 8.97. The minimum absolute atomic E-state index is 0.126. The molecule has 3 saturated heterocycles. The molecule has 8 heteroatoms. The minimum atomic E-state index is -0.607. The van der Waals surface area contributed by atoms with Crippen molar-refractivity contribution < 1.29 is 38.0 Å². The number of rotatable bonds is 15. The molecule has 0 aliphatic carbocycles. The summed E-state index contributed by atoms with van der Waals surface area (Å²) in [5, 5.41) is 0. The van der Waals surface area contributed by atoms with Crippen LogP contribution in [0.2, 0.25) is 0 Å². The monoisotopic (exact) mass is 372 g/mol. The van der Waals surface area contributed by atoms with E-state index in [1.165, 1.54) is 0 Å². The highest BCUT2D eigenvalue weighted by atomic mass is 16.6. The number of hydrogen-bond donors (Lipinski definition) is 0. The fourth-order valence-electron chi connectivity index (χ4n) is 2.31. The maximum Gasteiger partial charge on any atom is 0.333 e. The van der Waals surface area contributed by atoms with E-state index >= 15 is 0 Å². The van der Waals surface area contributed by atoms with Crippen molar-refractivity contribution in [2.45, 2.75) is 25.2 Å². The summed E-state index contributed by atoms with van der Waals surface area (Å²) in [5.41, 5.74) is -0.255. The number of esters is 1. The topological polar surface area (TPSA) is 91.6 Å². The summed E-state index contributed by atoms with van der Waals surface area (Å²) in [4.78, 5) is 11.9. The molecule has 0 amide bonds.